The van der Waals surface area contributed by atoms with Crippen molar-refractivity contribution in [3.63, 3.8) is 0 Å². The fourth-order valence-corrected chi connectivity index (χ4v) is 0.849. The van der Waals surface area contributed by atoms with Gasteiger partial charge in [-0.1, -0.05) is 5.16 Å². The third-order valence-electron chi connectivity index (χ3n) is 1.41. The number of aryl methyl sites for hydroxylation is 2. The quantitative estimate of drug-likeness (QED) is 0.571. The molecular weight excluding hydrogens is 140 g/mol. The molecule has 3 nitrogen and oxygen atoms in total. The van der Waals surface area contributed by atoms with E-state index in [1.165, 1.54) is 6.08 Å². The predicted molar refractivity (Wildman–Crippen MR) is 40.6 cm³/mol. The first-order chi connectivity index (χ1) is 5.25. The first-order valence-electron chi connectivity index (χ1n) is 3.24. The van der Waals surface area contributed by atoms with Crippen LogP contribution in [0.2, 0.25) is 0 Å². The number of nitriles is 1. The molecule has 56 valence electrons. The summed E-state index contributed by atoms with van der Waals surface area (Å²) in [5, 5.41) is 12.0. The Morgan fingerprint density at radius 1 is 1.55 bits per heavy atom. The first kappa shape index (κ1) is 7.55. The monoisotopic (exact) mass is 148 g/mol. The molecule has 0 aromatic carbocycles. The highest BCUT2D eigenvalue weighted by molar-refractivity contribution is 5.55. The number of nitrogens with zero attached hydrogens (tertiary/aromatic N) is 2. The van der Waals surface area contributed by atoms with Crippen molar-refractivity contribution in [3.05, 3.63) is 23.1 Å². The third-order valence-corrected chi connectivity index (χ3v) is 1.41. The molecule has 1 aromatic heterocycles. The first-order valence-corrected chi connectivity index (χ1v) is 3.24. The third kappa shape index (κ3) is 1.47. The van der Waals surface area contributed by atoms with E-state index in [0.29, 0.717) is 0 Å². The molecule has 0 atom stereocenters. The van der Waals surface area contributed by atoms with E-state index in [2.05, 4.69) is 5.16 Å². The van der Waals surface area contributed by atoms with Gasteiger partial charge in [0.2, 0.25) is 0 Å². The van der Waals surface area contributed by atoms with E-state index in [1.807, 2.05) is 19.9 Å². The van der Waals surface area contributed by atoms with Gasteiger partial charge in [0.1, 0.15) is 5.76 Å². The van der Waals surface area contributed by atoms with Gasteiger partial charge in [-0.05, 0) is 19.9 Å². The molecule has 1 rings (SSSR count). The molecule has 0 N–H and O–H groups in total. The van der Waals surface area contributed by atoms with Crippen LogP contribution in [-0.4, -0.2) is 5.16 Å². The van der Waals surface area contributed by atoms with Gasteiger partial charge in [-0.2, -0.15) is 5.26 Å². The summed E-state index contributed by atoms with van der Waals surface area (Å²) < 4.78 is 4.88. The number of rotatable bonds is 1. The van der Waals surface area contributed by atoms with Crippen LogP contribution in [0.3, 0.4) is 0 Å². The maximum Gasteiger partial charge on any atom is 0.141 e. The minimum atomic E-state index is 0.744. The van der Waals surface area contributed by atoms with Crippen LogP contribution in [0.1, 0.15) is 17.0 Å². The normalized spacial score (nSPS) is 10.3. The van der Waals surface area contributed by atoms with Gasteiger partial charge in [0.05, 0.1) is 11.8 Å². The molecule has 0 saturated carbocycles. The summed E-state index contributed by atoms with van der Waals surface area (Å²) in [5.74, 6) is 0.744. The molecule has 0 fully saturated rings. The molecule has 0 unspecified atom stereocenters. The van der Waals surface area contributed by atoms with Crippen molar-refractivity contribution in [2.24, 2.45) is 0 Å². The summed E-state index contributed by atoms with van der Waals surface area (Å²) in [7, 11) is 0. The Bertz CT molecular complexity index is 298. The van der Waals surface area contributed by atoms with Crippen LogP contribution >= 0.6 is 0 Å². The van der Waals surface area contributed by atoms with Gasteiger partial charge in [0.15, 0.2) is 0 Å². The molecule has 11 heavy (non-hydrogen) atoms. The standard InChI is InChI=1S/C8H8N2O/c1-6-8(4-3-5-9)7(2)11-10-6/h3-4H,1-2H3/b4-3+. The van der Waals surface area contributed by atoms with E-state index in [0.717, 1.165) is 17.0 Å². The second-order valence-electron chi connectivity index (χ2n) is 2.20. The van der Waals surface area contributed by atoms with E-state index in [-0.39, 0.29) is 0 Å². The molecule has 1 aromatic rings. The molecule has 0 bridgehead atoms. The van der Waals surface area contributed by atoms with Crippen LogP contribution in [0.25, 0.3) is 6.08 Å². The number of hydrogen-bond acceptors (Lipinski definition) is 3. The van der Waals surface area contributed by atoms with Crippen molar-refractivity contribution in [1.29, 1.82) is 5.26 Å². The van der Waals surface area contributed by atoms with Crippen molar-refractivity contribution in [1.82, 2.24) is 5.16 Å². The molecule has 0 saturated heterocycles. The van der Waals surface area contributed by atoms with Crippen molar-refractivity contribution >= 4 is 6.08 Å². The van der Waals surface area contributed by atoms with Gasteiger partial charge in [0.25, 0.3) is 0 Å². The molecule has 0 aliphatic rings. The second kappa shape index (κ2) is 3.02. The summed E-state index contributed by atoms with van der Waals surface area (Å²) in [6.45, 7) is 3.66. The molecule has 0 aliphatic heterocycles. The Hall–Kier alpha value is -1.56. The topological polar surface area (TPSA) is 49.8 Å². The van der Waals surface area contributed by atoms with Gasteiger partial charge < -0.3 is 4.52 Å². The zero-order chi connectivity index (χ0) is 8.27. The second-order valence-corrected chi connectivity index (χ2v) is 2.20. The van der Waals surface area contributed by atoms with Crippen molar-refractivity contribution in [2.75, 3.05) is 0 Å². The van der Waals surface area contributed by atoms with Crippen molar-refractivity contribution < 1.29 is 4.52 Å². The van der Waals surface area contributed by atoms with Crippen molar-refractivity contribution in [3.8, 4) is 6.07 Å². The Morgan fingerprint density at radius 2 is 2.27 bits per heavy atom. The molecule has 0 spiro atoms. The van der Waals surface area contributed by atoms with Gasteiger partial charge in [0, 0.05) is 11.6 Å². The average molecular weight is 148 g/mol. The zero-order valence-electron chi connectivity index (χ0n) is 6.46. The highest BCUT2D eigenvalue weighted by atomic mass is 16.5. The summed E-state index contributed by atoms with van der Waals surface area (Å²) in [6, 6.07) is 1.91. The van der Waals surface area contributed by atoms with E-state index < -0.39 is 0 Å². The predicted octanol–water partition coefficient (Wildman–Crippen LogP) is 1.83. The largest absolute Gasteiger partial charge is 0.361 e. The smallest absolute Gasteiger partial charge is 0.141 e. The SMILES string of the molecule is Cc1noc(C)c1/C=C/C#N. The summed E-state index contributed by atoms with van der Waals surface area (Å²) in [4.78, 5) is 0. The highest BCUT2D eigenvalue weighted by Crippen LogP contribution is 2.13. The summed E-state index contributed by atoms with van der Waals surface area (Å²) in [5.41, 5.74) is 1.71. The molecular formula is C8H8N2O. The Balaban J connectivity index is 3.03. The van der Waals surface area contributed by atoms with Gasteiger partial charge >= 0.3 is 0 Å². The minimum absolute atomic E-state index is 0.744. The highest BCUT2D eigenvalue weighted by Gasteiger charge is 2.03. The fourth-order valence-electron chi connectivity index (χ4n) is 0.849. The number of aromatic nitrogens is 1. The lowest BCUT2D eigenvalue weighted by molar-refractivity contribution is 0.393. The van der Waals surface area contributed by atoms with Crippen LogP contribution in [0, 0.1) is 25.2 Å². The Labute approximate surface area is 64.9 Å². The maximum absolute atomic E-state index is 8.26. The molecule has 1 heterocycles. The molecule has 0 amide bonds. The Morgan fingerprint density at radius 3 is 2.73 bits per heavy atom. The van der Waals surface area contributed by atoms with Crippen molar-refractivity contribution in [2.45, 2.75) is 13.8 Å². The van der Waals surface area contributed by atoms with Crippen LogP contribution < -0.4 is 0 Å². The van der Waals surface area contributed by atoms with Crippen LogP contribution in [0.4, 0.5) is 0 Å². The van der Waals surface area contributed by atoms with E-state index in [1.54, 1.807) is 6.08 Å². The fraction of sp³-hybridized carbons (Fsp3) is 0.250. The Kier molecular flexibility index (Phi) is 2.07. The average Bonchev–Trinajstić information content (AvgIpc) is 2.29. The lowest BCUT2D eigenvalue weighted by Crippen LogP contribution is -1.75. The van der Waals surface area contributed by atoms with Gasteiger partial charge in [-0.25, -0.2) is 0 Å². The van der Waals surface area contributed by atoms with E-state index in [9.17, 15) is 0 Å². The lowest BCUT2D eigenvalue weighted by Gasteiger charge is -1.84. The summed E-state index contributed by atoms with van der Waals surface area (Å²) >= 11 is 0. The van der Waals surface area contributed by atoms with Gasteiger partial charge in [-0.15, -0.1) is 0 Å². The van der Waals surface area contributed by atoms with Crippen LogP contribution in [0.5, 0.6) is 0 Å². The minimum Gasteiger partial charge on any atom is -0.361 e. The van der Waals surface area contributed by atoms with E-state index >= 15 is 0 Å². The summed E-state index contributed by atoms with van der Waals surface area (Å²) in [6.07, 6.45) is 3.10. The van der Waals surface area contributed by atoms with Crippen LogP contribution in [0.15, 0.2) is 10.6 Å². The molecule has 3 heteroatoms. The maximum atomic E-state index is 8.26. The van der Waals surface area contributed by atoms with Gasteiger partial charge in [-0.3, -0.25) is 0 Å². The molecule has 0 aliphatic carbocycles. The molecule has 0 radical (unpaired) electrons. The zero-order valence-corrected chi connectivity index (χ0v) is 6.46. The van der Waals surface area contributed by atoms with E-state index in [4.69, 9.17) is 9.78 Å². The number of allylic oxidation sites excluding steroid dienone is 1. The van der Waals surface area contributed by atoms with Crippen LogP contribution in [-0.2, 0) is 0 Å². The lowest BCUT2D eigenvalue weighted by atomic mass is 10.2. The number of hydrogen-bond donors (Lipinski definition) is 0.